The van der Waals surface area contributed by atoms with Gasteiger partial charge in [-0.2, -0.15) is 0 Å². The lowest BCUT2D eigenvalue weighted by Gasteiger charge is -2.44. The van der Waals surface area contributed by atoms with Crippen molar-refractivity contribution >= 4 is 17.4 Å². The zero-order chi connectivity index (χ0) is 16.3. The Balaban J connectivity index is 1.58. The maximum atomic E-state index is 12.6. The topological polar surface area (TPSA) is 71.5 Å². The molecule has 0 bridgehead atoms. The van der Waals surface area contributed by atoms with Crippen molar-refractivity contribution in [1.82, 2.24) is 9.88 Å². The van der Waals surface area contributed by atoms with Gasteiger partial charge in [-0.1, -0.05) is 0 Å². The highest BCUT2D eigenvalue weighted by Crippen LogP contribution is 2.30. The van der Waals surface area contributed by atoms with Gasteiger partial charge in [0.15, 0.2) is 11.5 Å². The Morgan fingerprint density at radius 2 is 2.17 bits per heavy atom. The molecular formula is C17H19N3O3. The highest BCUT2D eigenvalue weighted by Gasteiger charge is 2.43. The summed E-state index contributed by atoms with van der Waals surface area (Å²) in [6.07, 6.45) is 10.3. The van der Waals surface area contributed by atoms with Gasteiger partial charge in [0.25, 0.3) is 0 Å². The molecule has 6 nitrogen and oxygen atoms in total. The molecule has 1 fully saturated rings. The number of allylic oxidation sites excluding steroid dienone is 2. The molecule has 120 valence electrons. The molecule has 1 atom stereocenters. The number of carbonyl (C=O) groups is 2. The minimum Gasteiger partial charge on any atom is -0.384 e. The molecule has 0 aromatic carbocycles. The molecule has 1 aliphatic heterocycles. The molecule has 1 amide bonds. The minimum atomic E-state index is -0.918. The smallest absolute Gasteiger partial charge is 0.230 e. The Bertz CT molecular complexity index is 638. The van der Waals surface area contributed by atoms with Crippen LogP contribution in [0, 0.1) is 5.92 Å². The fourth-order valence-electron chi connectivity index (χ4n) is 2.75. The molecule has 2 aliphatic rings. The van der Waals surface area contributed by atoms with Crippen molar-refractivity contribution in [3.8, 4) is 0 Å². The Morgan fingerprint density at radius 1 is 1.39 bits per heavy atom. The van der Waals surface area contributed by atoms with Gasteiger partial charge < -0.3 is 15.0 Å². The van der Waals surface area contributed by atoms with E-state index in [0.29, 0.717) is 19.6 Å². The number of anilines is 1. The van der Waals surface area contributed by atoms with Gasteiger partial charge in [0.2, 0.25) is 5.91 Å². The summed E-state index contributed by atoms with van der Waals surface area (Å²) in [6, 6.07) is 3.79. The molecule has 1 N–H and O–H groups in total. The predicted molar refractivity (Wildman–Crippen MR) is 85.6 cm³/mol. The second-order valence-electron chi connectivity index (χ2n) is 5.68. The number of pyridine rings is 1. The molecule has 1 saturated heterocycles. The van der Waals surface area contributed by atoms with E-state index in [-0.39, 0.29) is 17.6 Å². The monoisotopic (exact) mass is 313 g/mol. The number of aromatic nitrogens is 1. The maximum Gasteiger partial charge on any atom is 0.230 e. The standard InChI is InChI=1S/C17H19N3O3/c1-20-16(22)13(6-10-19-14-3-2-9-18-11-14)12-23-17(20)7-4-15(21)5-8-17/h2-5,7-9,11,13,19H,6,10,12H2,1H3. The summed E-state index contributed by atoms with van der Waals surface area (Å²) in [5.74, 6) is -0.273. The molecule has 2 heterocycles. The van der Waals surface area contributed by atoms with Crippen LogP contribution in [0.4, 0.5) is 5.69 Å². The van der Waals surface area contributed by atoms with E-state index in [1.807, 2.05) is 12.1 Å². The van der Waals surface area contributed by atoms with Crippen molar-refractivity contribution in [2.75, 3.05) is 25.5 Å². The van der Waals surface area contributed by atoms with Crippen molar-refractivity contribution in [3.05, 3.63) is 48.8 Å². The Kier molecular flexibility index (Phi) is 4.25. The van der Waals surface area contributed by atoms with Gasteiger partial charge in [-0.15, -0.1) is 0 Å². The Hall–Kier alpha value is -2.47. The summed E-state index contributed by atoms with van der Waals surface area (Å²) in [6.45, 7) is 0.997. The fraction of sp³-hybridized carbons (Fsp3) is 0.353. The van der Waals surface area contributed by atoms with Crippen LogP contribution in [-0.4, -0.2) is 47.5 Å². The van der Waals surface area contributed by atoms with E-state index in [9.17, 15) is 9.59 Å². The van der Waals surface area contributed by atoms with Crippen molar-refractivity contribution < 1.29 is 14.3 Å². The number of ether oxygens (including phenoxy) is 1. The zero-order valence-corrected chi connectivity index (χ0v) is 12.9. The lowest BCUT2D eigenvalue weighted by atomic mass is 9.96. The van der Waals surface area contributed by atoms with Gasteiger partial charge in [0.1, 0.15) is 0 Å². The molecule has 3 rings (SSSR count). The summed E-state index contributed by atoms with van der Waals surface area (Å²) < 4.78 is 5.89. The Morgan fingerprint density at radius 3 is 2.87 bits per heavy atom. The third-order valence-electron chi connectivity index (χ3n) is 4.18. The van der Waals surface area contributed by atoms with Crippen LogP contribution >= 0.6 is 0 Å². The number of likely N-dealkylation sites (N-methyl/N-ethyl adjacent to an activating group) is 1. The summed E-state index contributed by atoms with van der Waals surface area (Å²) >= 11 is 0. The van der Waals surface area contributed by atoms with Crippen LogP contribution in [0.3, 0.4) is 0 Å². The van der Waals surface area contributed by atoms with Crippen LogP contribution in [-0.2, 0) is 14.3 Å². The van der Waals surface area contributed by atoms with E-state index < -0.39 is 5.72 Å². The average molecular weight is 313 g/mol. The van der Waals surface area contributed by atoms with Gasteiger partial charge in [0, 0.05) is 26.0 Å². The first-order chi connectivity index (χ1) is 11.1. The number of amides is 1. The summed E-state index contributed by atoms with van der Waals surface area (Å²) in [5.41, 5.74) is 0.0105. The highest BCUT2D eigenvalue weighted by atomic mass is 16.5. The lowest BCUT2D eigenvalue weighted by Crippen LogP contribution is -2.57. The van der Waals surface area contributed by atoms with E-state index in [1.165, 1.54) is 12.2 Å². The minimum absolute atomic E-state index is 0.0212. The molecule has 1 spiro atoms. The second kappa shape index (κ2) is 6.34. The first-order valence-corrected chi connectivity index (χ1v) is 7.59. The lowest BCUT2D eigenvalue weighted by molar-refractivity contribution is -0.175. The van der Waals surface area contributed by atoms with Crippen LogP contribution in [0.1, 0.15) is 6.42 Å². The third kappa shape index (κ3) is 3.17. The molecule has 1 aromatic heterocycles. The van der Waals surface area contributed by atoms with Crippen LogP contribution in [0.15, 0.2) is 48.8 Å². The Labute approximate surface area is 134 Å². The number of nitrogens with zero attached hydrogens (tertiary/aromatic N) is 2. The molecule has 1 aliphatic carbocycles. The summed E-state index contributed by atoms with van der Waals surface area (Å²) in [5, 5.41) is 3.24. The fourth-order valence-corrected chi connectivity index (χ4v) is 2.75. The number of carbonyl (C=O) groups excluding carboxylic acids is 2. The molecule has 0 saturated carbocycles. The van der Waals surface area contributed by atoms with Gasteiger partial charge in [-0.05, 0) is 42.9 Å². The van der Waals surface area contributed by atoms with Gasteiger partial charge in [0.05, 0.1) is 18.2 Å². The van der Waals surface area contributed by atoms with E-state index in [1.54, 1.807) is 36.5 Å². The number of hydrogen-bond acceptors (Lipinski definition) is 5. The van der Waals surface area contributed by atoms with Gasteiger partial charge >= 0.3 is 0 Å². The molecule has 1 aromatic rings. The first-order valence-electron chi connectivity index (χ1n) is 7.59. The first kappa shape index (κ1) is 15.4. The highest BCUT2D eigenvalue weighted by molar-refractivity contribution is 6.00. The molecule has 23 heavy (non-hydrogen) atoms. The normalized spacial score (nSPS) is 22.7. The van der Waals surface area contributed by atoms with Crippen molar-refractivity contribution in [1.29, 1.82) is 0 Å². The predicted octanol–water partition coefficient (Wildman–Crippen LogP) is 1.38. The molecular weight excluding hydrogens is 294 g/mol. The van der Waals surface area contributed by atoms with E-state index in [2.05, 4.69) is 10.3 Å². The number of hydrogen-bond donors (Lipinski definition) is 1. The molecule has 1 unspecified atom stereocenters. The van der Waals surface area contributed by atoms with Crippen LogP contribution in [0.2, 0.25) is 0 Å². The van der Waals surface area contributed by atoms with Crippen LogP contribution < -0.4 is 5.32 Å². The average Bonchev–Trinajstić information content (AvgIpc) is 2.58. The largest absolute Gasteiger partial charge is 0.384 e. The third-order valence-corrected chi connectivity index (χ3v) is 4.18. The second-order valence-corrected chi connectivity index (χ2v) is 5.68. The molecule has 6 heteroatoms. The maximum absolute atomic E-state index is 12.6. The molecule has 0 radical (unpaired) electrons. The number of nitrogens with one attached hydrogen (secondary N) is 1. The number of rotatable bonds is 4. The van der Waals surface area contributed by atoms with E-state index in [4.69, 9.17) is 4.74 Å². The van der Waals surface area contributed by atoms with Crippen LogP contribution in [0.25, 0.3) is 0 Å². The van der Waals surface area contributed by atoms with Gasteiger partial charge in [-0.25, -0.2) is 0 Å². The van der Waals surface area contributed by atoms with E-state index >= 15 is 0 Å². The summed E-state index contributed by atoms with van der Waals surface area (Å²) in [4.78, 5) is 29.4. The zero-order valence-electron chi connectivity index (χ0n) is 12.9. The van der Waals surface area contributed by atoms with Crippen LogP contribution in [0.5, 0.6) is 0 Å². The quantitative estimate of drug-likeness (QED) is 0.909. The summed E-state index contributed by atoms with van der Waals surface area (Å²) in [7, 11) is 1.70. The van der Waals surface area contributed by atoms with E-state index in [0.717, 1.165) is 5.69 Å². The van der Waals surface area contributed by atoms with Crippen molar-refractivity contribution in [2.45, 2.75) is 12.1 Å². The number of ketones is 1. The SMILES string of the molecule is CN1C(=O)C(CCNc2cccnc2)COC12C=CC(=O)C=C2. The van der Waals surface area contributed by atoms with Crippen molar-refractivity contribution in [2.24, 2.45) is 5.92 Å². The van der Waals surface area contributed by atoms with Crippen molar-refractivity contribution in [3.63, 3.8) is 0 Å². The van der Waals surface area contributed by atoms with Gasteiger partial charge in [-0.3, -0.25) is 14.6 Å².